The molecule has 7 unspecified atom stereocenters. The molecule has 0 radical (unpaired) electrons. The topological polar surface area (TPSA) is 259 Å². The van der Waals surface area contributed by atoms with Gasteiger partial charge in [-0.15, -0.1) is 0 Å². The number of ether oxygens (including phenoxy) is 1. The minimum atomic E-state index is -4.57. The lowest BCUT2D eigenvalue weighted by atomic mass is 9.89. The van der Waals surface area contributed by atoms with E-state index in [1.54, 1.807) is 45.2 Å². The number of benzene rings is 1. The van der Waals surface area contributed by atoms with Crippen LogP contribution in [0, 0.1) is 11.8 Å². The first-order valence-corrected chi connectivity index (χ1v) is 20.2. The Balaban J connectivity index is 1.47. The number of nitrogens with two attached hydrogens (primary N) is 2. The number of likely N-dealkylation sites (tertiary alicyclic amines) is 2. The smallest absolute Gasteiger partial charge is 0.379 e. The highest BCUT2D eigenvalue weighted by molar-refractivity contribution is 5.97. The number of primary amides is 2. The SMILES string of the molecule is COC(C(C)C(=O)NC(C)C(=O)NCc1ccc(NC(=O)C(CCCNC(N)=O)NC(=O)CNC(=O)CCCN2CCC(C(N)=O)CC2C(F)(F)F)cc1)C1CCCN1C. The second kappa shape index (κ2) is 23.7. The Bertz CT molecular complexity index is 1640. The molecule has 8 amide bonds. The lowest BCUT2D eigenvalue weighted by molar-refractivity contribution is -0.195. The summed E-state index contributed by atoms with van der Waals surface area (Å²) in [6.45, 7) is 4.00. The lowest BCUT2D eigenvalue weighted by Gasteiger charge is -2.39. The molecule has 2 heterocycles. The van der Waals surface area contributed by atoms with E-state index in [1.807, 2.05) is 7.05 Å². The molecule has 0 bridgehead atoms. The summed E-state index contributed by atoms with van der Waals surface area (Å²) in [5.41, 5.74) is 11.4. The van der Waals surface area contributed by atoms with Crippen molar-refractivity contribution >= 4 is 47.2 Å². The van der Waals surface area contributed by atoms with E-state index in [4.69, 9.17) is 16.2 Å². The van der Waals surface area contributed by atoms with E-state index in [0.717, 1.165) is 19.4 Å². The van der Waals surface area contributed by atoms with Crippen LogP contribution in [0.5, 0.6) is 0 Å². The van der Waals surface area contributed by atoms with Crippen molar-refractivity contribution in [1.82, 2.24) is 36.4 Å². The molecule has 21 heteroatoms. The number of anilines is 1. The summed E-state index contributed by atoms with van der Waals surface area (Å²) < 4.78 is 46.6. The molecule has 2 fully saturated rings. The number of amides is 8. The third-order valence-corrected chi connectivity index (χ3v) is 11.0. The van der Waals surface area contributed by atoms with Crippen LogP contribution in [0.1, 0.15) is 70.8 Å². The summed E-state index contributed by atoms with van der Waals surface area (Å²) in [7, 11) is 3.59. The summed E-state index contributed by atoms with van der Waals surface area (Å²) >= 11 is 0. The zero-order valence-electron chi connectivity index (χ0n) is 34.7. The van der Waals surface area contributed by atoms with Crippen LogP contribution in [0.15, 0.2) is 24.3 Å². The molecule has 2 saturated heterocycles. The summed E-state index contributed by atoms with van der Waals surface area (Å²) in [6, 6.07) is 2.14. The van der Waals surface area contributed by atoms with Crippen LogP contribution in [0.25, 0.3) is 0 Å². The molecule has 3 rings (SSSR count). The Labute approximate surface area is 348 Å². The van der Waals surface area contributed by atoms with Gasteiger partial charge in [0.2, 0.25) is 35.4 Å². The molecule has 1 aromatic rings. The second-order valence-electron chi connectivity index (χ2n) is 15.5. The molecule has 0 aliphatic carbocycles. The number of rotatable bonds is 22. The number of hydrogen-bond donors (Lipinski definition) is 8. The minimum Gasteiger partial charge on any atom is -0.379 e. The highest BCUT2D eigenvalue weighted by Crippen LogP contribution is 2.34. The van der Waals surface area contributed by atoms with Gasteiger partial charge >= 0.3 is 12.2 Å². The van der Waals surface area contributed by atoms with Gasteiger partial charge in [-0.3, -0.25) is 33.7 Å². The summed E-state index contributed by atoms with van der Waals surface area (Å²) in [4.78, 5) is 90.3. The molecule has 1 aromatic carbocycles. The van der Waals surface area contributed by atoms with Crippen molar-refractivity contribution in [3.05, 3.63) is 29.8 Å². The van der Waals surface area contributed by atoms with Crippen LogP contribution >= 0.6 is 0 Å². The molecule has 18 nitrogen and oxygen atoms in total. The Morgan fingerprint density at radius 1 is 0.883 bits per heavy atom. The van der Waals surface area contributed by atoms with Gasteiger partial charge < -0.3 is 53.0 Å². The zero-order valence-corrected chi connectivity index (χ0v) is 34.7. The summed E-state index contributed by atoms with van der Waals surface area (Å²) in [5.74, 6) is -4.69. The molecule has 10 N–H and O–H groups in total. The number of nitrogens with one attached hydrogen (secondary N) is 6. The van der Waals surface area contributed by atoms with Crippen molar-refractivity contribution in [2.24, 2.45) is 23.3 Å². The van der Waals surface area contributed by atoms with E-state index in [2.05, 4.69) is 36.8 Å². The average Bonchev–Trinajstić information content (AvgIpc) is 3.62. The number of carbonyl (C=O) groups is 7. The first kappa shape index (κ1) is 49.3. The standard InChI is InChI=1S/C39H61F3N10O8/c1-23(33(60-4)29-9-6-17-51(29)3)35(56)48-24(2)36(57)47-21-25-11-13-27(14-12-25)49-37(58)28(8-5-16-45-38(44)59)50-32(54)22-46-31(53)10-7-18-52-19-15-26(34(43)55)20-30(52)39(40,41)42/h11-14,23-24,26,28-30,33H,5-10,15-22H2,1-4H3,(H2,43,55)(H,46,53)(H,47,57)(H,48,56)(H,49,58)(H,50,54)(H3,44,45,59). The number of halogens is 3. The van der Waals surface area contributed by atoms with Gasteiger partial charge in [0.25, 0.3) is 0 Å². The maximum absolute atomic E-state index is 13.6. The quantitative estimate of drug-likeness (QED) is 0.0748. The predicted octanol–water partition coefficient (Wildman–Crippen LogP) is 0.449. The van der Waals surface area contributed by atoms with Crippen molar-refractivity contribution < 1.29 is 51.5 Å². The molecule has 60 heavy (non-hydrogen) atoms. The largest absolute Gasteiger partial charge is 0.404 e. The third-order valence-electron chi connectivity index (χ3n) is 11.0. The summed E-state index contributed by atoms with van der Waals surface area (Å²) in [5, 5.41) is 15.6. The number of alkyl halides is 3. The van der Waals surface area contributed by atoms with Gasteiger partial charge in [-0.05, 0) is 96.2 Å². The molecular weight excluding hydrogens is 793 g/mol. The molecule has 7 atom stereocenters. The van der Waals surface area contributed by atoms with Gasteiger partial charge in [-0.2, -0.15) is 13.2 Å². The van der Waals surface area contributed by atoms with Crippen LogP contribution < -0.4 is 43.4 Å². The fraction of sp³-hybridized carbons (Fsp3) is 0.667. The number of nitrogens with zero attached hydrogens (tertiary/aromatic N) is 2. The first-order chi connectivity index (χ1) is 28.3. The predicted molar refractivity (Wildman–Crippen MR) is 214 cm³/mol. The third kappa shape index (κ3) is 15.9. The number of urea groups is 1. The van der Waals surface area contributed by atoms with Crippen LogP contribution in [0.4, 0.5) is 23.7 Å². The highest BCUT2D eigenvalue weighted by Gasteiger charge is 2.47. The number of hydrogen-bond acceptors (Lipinski definition) is 10. The van der Waals surface area contributed by atoms with Gasteiger partial charge in [0.15, 0.2) is 0 Å². The maximum Gasteiger partial charge on any atom is 0.404 e. The number of carbonyl (C=O) groups excluding carboxylic acids is 7. The van der Waals surface area contributed by atoms with Gasteiger partial charge in [-0.25, -0.2) is 4.79 Å². The Morgan fingerprint density at radius 2 is 1.58 bits per heavy atom. The number of methoxy groups -OCH3 is 1. The monoisotopic (exact) mass is 854 g/mol. The maximum atomic E-state index is 13.6. The molecule has 0 saturated carbocycles. The molecule has 2 aliphatic heterocycles. The fourth-order valence-electron chi connectivity index (χ4n) is 7.51. The molecule has 336 valence electrons. The van der Waals surface area contributed by atoms with Crippen LogP contribution in [0.3, 0.4) is 0 Å². The van der Waals surface area contributed by atoms with E-state index < -0.39 is 84.7 Å². The summed E-state index contributed by atoms with van der Waals surface area (Å²) in [6.07, 6.45) is -2.96. The minimum absolute atomic E-state index is 0.00110. The Kier molecular flexibility index (Phi) is 19.5. The second-order valence-corrected chi connectivity index (χ2v) is 15.5. The van der Waals surface area contributed by atoms with Crippen LogP contribution in [-0.4, -0.2) is 135 Å². The zero-order chi connectivity index (χ0) is 44.6. The van der Waals surface area contributed by atoms with E-state index >= 15 is 0 Å². The Morgan fingerprint density at radius 3 is 2.18 bits per heavy atom. The normalized spacial score (nSPS) is 20.5. The van der Waals surface area contributed by atoms with Gasteiger partial charge in [0.05, 0.1) is 18.6 Å². The van der Waals surface area contributed by atoms with Crippen molar-refractivity contribution in [2.75, 3.05) is 52.2 Å². The van der Waals surface area contributed by atoms with Crippen LogP contribution in [-0.2, 0) is 40.0 Å². The molecule has 2 aliphatic rings. The lowest BCUT2D eigenvalue weighted by Crippen LogP contribution is -2.52. The average molecular weight is 855 g/mol. The van der Waals surface area contributed by atoms with E-state index in [-0.39, 0.29) is 76.3 Å². The van der Waals surface area contributed by atoms with E-state index in [1.165, 1.54) is 4.90 Å². The van der Waals surface area contributed by atoms with Gasteiger partial charge in [0.1, 0.15) is 18.1 Å². The van der Waals surface area contributed by atoms with Crippen molar-refractivity contribution in [3.63, 3.8) is 0 Å². The van der Waals surface area contributed by atoms with Crippen molar-refractivity contribution in [2.45, 2.75) is 108 Å². The first-order valence-electron chi connectivity index (χ1n) is 20.2. The number of piperidine rings is 1. The molecule has 0 aromatic heterocycles. The van der Waals surface area contributed by atoms with E-state index in [0.29, 0.717) is 11.3 Å². The van der Waals surface area contributed by atoms with Gasteiger partial charge in [-0.1, -0.05) is 19.1 Å². The van der Waals surface area contributed by atoms with Crippen molar-refractivity contribution in [1.29, 1.82) is 0 Å². The highest BCUT2D eigenvalue weighted by atomic mass is 19.4. The van der Waals surface area contributed by atoms with E-state index in [9.17, 15) is 46.7 Å². The fourth-order valence-corrected chi connectivity index (χ4v) is 7.51. The van der Waals surface area contributed by atoms with Crippen LogP contribution in [0.2, 0.25) is 0 Å². The van der Waals surface area contributed by atoms with Crippen molar-refractivity contribution in [3.8, 4) is 0 Å². The Hall–Kier alpha value is -5.02. The van der Waals surface area contributed by atoms with Gasteiger partial charge in [0, 0.05) is 44.3 Å². The molecule has 0 spiro atoms. The molecular formula is C39H61F3N10O8. The number of likely N-dealkylation sites (N-methyl/N-ethyl adjacent to an activating group) is 1.